The smallest absolute Gasteiger partial charge is 0.416 e. The summed E-state index contributed by atoms with van der Waals surface area (Å²) in [5, 5.41) is 21.7. The summed E-state index contributed by atoms with van der Waals surface area (Å²) >= 11 is 2.66. The molecule has 0 saturated carbocycles. The first kappa shape index (κ1) is 26.0. The fraction of sp³-hybridized carbons (Fsp3) is 0.417. The number of anilines is 1. The highest BCUT2D eigenvalue weighted by Crippen LogP contribution is 2.40. The van der Waals surface area contributed by atoms with Crippen LogP contribution in [-0.4, -0.2) is 26.4 Å². The molecular weight excluding hydrogens is 511 g/mol. The van der Waals surface area contributed by atoms with Crippen molar-refractivity contribution in [3.05, 3.63) is 51.7 Å². The lowest BCUT2D eigenvalue weighted by atomic mass is 9.86. The van der Waals surface area contributed by atoms with E-state index in [0.29, 0.717) is 27.5 Å². The number of ether oxygens (including phenoxy) is 1. The van der Waals surface area contributed by atoms with Gasteiger partial charge in [-0.15, -0.1) is 21.5 Å². The Balaban J connectivity index is 1.34. The van der Waals surface area contributed by atoms with Crippen molar-refractivity contribution < 1.29 is 22.7 Å². The van der Waals surface area contributed by atoms with E-state index < -0.39 is 11.7 Å². The number of aromatic nitrogens is 3. The third kappa shape index (κ3) is 5.84. The van der Waals surface area contributed by atoms with Gasteiger partial charge in [-0.25, -0.2) is 0 Å². The zero-order chi connectivity index (χ0) is 25.9. The molecule has 0 spiro atoms. The average molecular weight is 536 g/mol. The Kier molecular flexibility index (Phi) is 7.90. The highest BCUT2D eigenvalue weighted by Gasteiger charge is 2.30. The van der Waals surface area contributed by atoms with Gasteiger partial charge in [-0.3, -0.25) is 4.79 Å². The SMILES string of the molecule is CC[C@@H]1CCc2c(sc(NC(=O)CSc3nnc(COc4cccc(C(F)(F)F)c4)n3C)c2C#N)C1. The van der Waals surface area contributed by atoms with Gasteiger partial charge in [0.1, 0.15) is 23.4 Å². The molecule has 1 atom stereocenters. The topological polar surface area (TPSA) is 92.8 Å². The van der Waals surface area contributed by atoms with E-state index >= 15 is 0 Å². The molecule has 1 aliphatic carbocycles. The van der Waals surface area contributed by atoms with Gasteiger partial charge in [-0.1, -0.05) is 31.2 Å². The van der Waals surface area contributed by atoms with Crippen LogP contribution in [0.2, 0.25) is 0 Å². The van der Waals surface area contributed by atoms with Crippen LogP contribution in [0.3, 0.4) is 0 Å². The minimum atomic E-state index is -4.46. The molecule has 2 heterocycles. The summed E-state index contributed by atoms with van der Waals surface area (Å²) in [5.74, 6) is 0.888. The number of thioether (sulfide) groups is 1. The summed E-state index contributed by atoms with van der Waals surface area (Å²) in [6, 6.07) is 6.87. The van der Waals surface area contributed by atoms with Gasteiger partial charge >= 0.3 is 6.18 Å². The maximum absolute atomic E-state index is 12.9. The molecule has 2 aromatic heterocycles. The quantitative estimate of drug-likeness (QED) is 0.378. The van der Waals surface area contributed by atoms with E-state index in [2.05, 4.69) is 28.5 Å². The van der Waals surface area contributed by atoms with Crippen LogP contribution in [-0.2, 0) is 37.5 Å². The molecule has 1 aliphatic rings. The van der Waals surface area contributed by atoms with E-state index in [4.69, 9.17) is 4.74 Å². The molecular formula is C24H24F3N5O2S2. The van der Waals surface area contributed by atoms with Crippen molar-refractivity contribution in [2.45, 2.75) is 50.5 Å². The molecule has 190 valence electrons. The number of hydrogen-bond acceptors (Lipinski definition) is 7. The van der Waals surface area contributed by atoms with Crippen molar-refractivity contribution >= 4 is 34.0 Å². The Morgan fingerprint density at radius 3 is 2.92 bits per heavy atom. The van der Waals surface area contributed by atoms with Crippen molar-refractivity contribution in [2.75, 3.05) is 11.1 Å². The molecule has 0 saturated heterocycles. The summed E-state index contributed by atoms with van der Waals surface area (Å²) in [6.07, 6.45) is -0.489. The van der Waals surface area contributed by atoms with Crippen LogP contribution in [0, 0.1) is 17.2 Å². The van der Waals surface area contributed by atoms with Crippen molar-refractivity contribution in [1.29, 1.82) is 5.26 Å². The van der Waals surface area contributed by atoms with Crippen molar-refractivity contribution in [3.63, 3.8) is 0 Å². The van der Waals surface area contributed by atoms with Crippen LogP contribution < -0.4 is 10.1 Å². The van der Waals surface area contributed by atoms with E-state index in [1.807, 2.05) is 0 Å². The second-order valence-electron chi connectivity index (χ2n) is 8.45. The van der Waals surface area contributed by atoms with E-state index in [9.17, 15) is 23.2 Å². The van der Waals surface area contributed by atoms with Crippen LogP contribution in [0.5, 0.6) is 5.75 Å². The number of alkyl halides is 3. The lowest BCUT2D eigenvalue weighted by molar-refractivity contribution is -0.137. The number of benzene rings is 1. The maximum Gasteiger partial charge on any atom is 0.416 e. The van der Waals surface area contributed by atoms with E-state index in [-0.39, 0.29) is 24.0 Å². The third-order valence-electron chi connectivity index (χ3n) is 6.10. The molecule has 0 bridgehead atoms. The molecule has 7 nitrogen and oxygen atoms in total. The second kappa shape index (κ2) is 10.9. The minimum Gasteiger partial charge on any atom is -0.486 e. The highest BCUT2D eigenvalue weighted by molar-refractivity contribution is 7.99. The minimum absolute atomic E-state index is 0.0610. The van der Waals surface area contributed by atoms with Gasteiger partial charge in [0.15, 0.2) is 11.0 Å². The molecule has 1 N–H and O–H groups in total. The normalized spacial score (nSPS) is 15.3. The van der Waals surface area contributed by atoms with Gasteiger partial charge in [0, 0.05) is 11.9 Å². The molecule has 0 radical (unpaired) electrons. The lowest BCUT2D eigenvalue weighted by Crippen LogP contribution is -2.15. The van der Waals surface area contributed by atoms with Crippen molar-refractivity contribution in [2.24, 2.45) is 13.0 Å². The average Bonchev–Trinajstić information content (AvgIpc) is 3.39. The molecule has 1 amide bonds. The van der Waals surface area contributed by atoms with Gasteiger partial charge in [-0.05, 0) is 48.9 Å². The molecule has 0 fully saturated rings. The number of halogens is 3. The zero-order valence-corrected chi connectivity index (χ0v) is 21.3. The Labute approximate surface area is 214 Å². The zero-order valence-electron chi connectivity index (χ0n) is 19.7. The number of carbonyl (C=O) groups is 1. The van der Waals surface area contributed by atoms with Gasteiger partial charge < -0.3 is 14.6 Å². The third-order valence-corrected chi connectivity index (χ3v) is 8.29. The van der Waals surface area contributed by atoms with E-state index in [0.717, 1.165) is 43.4 Å². The molecule has 0 aliphatic heterocycles. The first-order valence-corrected chi connectivity index (χ1v) is 13.1. The molecule has 0 unspecified atom stereocenters. The summed E-state index contributed by atoms with van der Waals surface area (Å²) in [5.41, 5.74) is 0.834. The Morgan fingerprint density at radius 2 is 2.19 bits per heavy atom. The Bertz CT molecular complexity index is 1300. The molecule has 1 aromatic carbocycles. The van der Waals surface area contributed by atoms with Crippen molar-refractivity contribution in [1.82, 2.24) is 14.8 Å². The molecule has 36 heavy (non-hydrogen) atoms. The van der Waals surface area contributed by atoms with Gasteiger partial charge in [-0.2, -0.15) is 18.4 Å². The van der Waals surface area contributed by atoms with Gasteiger partial charge in [0.05, 0.1) is 16.9 Å². The van der Waals surface area contributed by atoms with Gasteiger partial charge in [0.25, 0.3) is 0 Å². The van der Waals surface area contributed by atoms with Crippen LogP contribution in [0.4, 0.5) is 18.2 Å². The fourth-order valence-electron chi connectivity index (χ4n) is 4.01. The number of amides is 1. The molecule has 4 rings (SSSR count). The van der Waals surface area contributed by atoms with E-state index in [1.165, 1.54) is 40.1 Å². The van der Waals surface area contributed by atoms with Gasteiger partial charge in [0.2, 0.25) is 5.91 Å². The molecule has 3 aromatic rings. The summed E-state index contributed by atoms with van der Waals surface area (Å²) in [4.78, 5) is 13.8. The number of nitrogens with zero attached hydrogens (tertiary/aromatic N) is 4. The highest BCUT2D eigenvalue weighted by atomic mass is 32.2. The standard InChI is InChI=1S/C24H24F3N5O2S2/c1-3-14-7-8-17-18(11-28)22(36-19(17)9-14)29-21(33)13-35-23-31-30-20(32(23)2)12-34-16-6-4-5-15(10-16)24(25,26)27/h4-6,10,14H,3,7-9,12-13H2,1-2H3,(H,29,33)/t14-/m1/s1. The van der Waals surface area contributed by atoms with Crippen LogP contribution in [0.1, 0.15) is 47.2 Å². The fourth-order valence-corrected chi connectivity index (χ4v) is 6.07. The number of nitrogens with one attached hydrogen (secondary N) is 1. The number of rotatable bonds is 8. The monoisotopic (exact) mass is 535 g/mol. The predicted molar refractivity (Wildman–Crippen MR) is 131 cm³/mol. The first-order valence-electron chi connectivity index (χ1n) is 11.3. The van der Waals surface area contributed by atoms with Crippen LogP contribution >= 0.6 is 23.1 Å². The number of hydrogen-bond donors (Lipinski definition) is 1. The summed E-state index contributed by atoms with van der Waals surface area (Å²) in [7, 11) is 1.69. The number of nitriles is 1. The van der Waals surface area contributed by atoms with Crippen molar-refractivity contribution in [3.8, 4) is 11.8 Å². The van der Waals surface area contributed by atoms with Crippen LogP contribution in [0.25, 0.3) is 0 Å². The first-order chi connectivity index (χ1) is 17.2. The number of thiophene rings is 1. The lowest BCUT2D eigenvalue weighted by Gasteiger charge is -2.20. The predicted octanol–water partition coefficient (Wildman–Crippen LogP) is 5.59. The summed E-state index contributed by atoms with van der Waals surface area (Å²) < 4.78 is 45.8. The number of fused-ring (bicyclic) bond motifs is 1. The molecule has 12 heteroatoms. The summed E-state index contributed by atoms with van der Waals surface area (Å²) in [6.45, 7) is 2.09. The second-order valence-corrected chi connectivity index (χ2v) is 10.5. The maximum atomic E-state index is 12.9. The van der Waals surface area contributed by atoms with Crippen LogP contribution in [0.15, 0.2) is 29.4 Å². The van der Waals surface area contributed by atoms with E-state index in [1.54, 1.807) is 11.6 Å². The Morgan fingerprint density at radius 1 is 1.39 bits per heavy atom. The largest absolute Gasteiger partial charge is 0.486 e. The number of carbonyl (C=O) groups excluding carboxylic acids is 1. The Hall–Kier alpha value is -3.04.